The second-order valence-electron chi connectivity index (χ2n) is 7.29. The van der Waals surface area contributed by atoms with E-state index in [-0.39, 0.29) is 0 Å². The summed E-state index contributed by atoms with van der Waals surface area (Å²) >= 11 is 0. The Hall–Kier alpha value is -2.30. The number of guanidine groups is 1. The summed E-state index contributed by atoms with van der Waals surface area (Å²) in [5.41, 5.74) is 5.16. The molecule has 1 atom stereocenters. The van der Waals surface area contributed by atoms with Crippen LogP contribution in [0.1, 0.15) is 28.9 Å². The first kappa shape index (κ1) is 18.5. The first-order chi connectivity index (χ1) is 12.6. The van der Waals surface area contributed by atoms with Gasteiger partial charge in [-0.25, -0.2) is 0 Å². The molecule has 26 heavy (non-hydrogen) atoms. The third kappa shape index (κ3) is 4.26. The Balaban J connectivity index is 1.50. The van der Waals surface area contributed by atoms with Crippen LogP contribution < -0.4 is 5.32 Å². The van der Waals surface area contributed by atoms with Crippen LogP contribution >= 0.6 is 0 Å². The fourth-order valence-electron chi connectivity index (χ4n) is 3.95. The summed E-state index contributed by atoms with van der Waals surface area (Å²) in [6.07, 6.45) is 3.37. The minimum Gasteiger partial charge on any atom is -0.356 e. The van der Waals surface area contributed by atoms with Crippen LogP contribution in [0.3, 0.4) is 0 Å². The Morgan fingerprint density at radius 2 is 2.04 bits per heavy atom. The Bertz CT molecular complexity index is 747. The molecule has 0 spiro atoms. The van der Waals surface area contributed by atoms with Gasteiger partial charge in [-0.2, -0.15) is 5.10 Å². The van der Waals surface area contributed by atoms with Crippen LogP contribution in [0.4, 0.5) is 0 Å². The van der Waals surface area contributed by atoms with E-state index < -0.39 is 0 Å². The van der Waals surface area contributed by atoms with E-state index in [1.165, 1.54) is 23.2 Å². The number of hydrogen-bond acceptors (Lipinski definition) is 2. The second-order valence-corrected chi connectivity index (χ2v) is 7.29. The molecule has 1 aliphatic rings. The summed E-state index contributed by atoms with van der Waals surface area (Å²) in [5.74, 6) is 1.73. The number of nitrogens with one attached hydrogen (secondary N) is 1. The monoisotopic (exact) mass is 353 g/mol. The van der Waals surface area contributed by atoms with E-state index in [0.29, 0.717) is 5.92 Å². The smallest absolute Gasteiger partial charge is 0.193 e. The van der Waals surface area contributed by atoms with Crippen molar-refractivity contribution < 1.29 is 0 Å². The molecular formula is C21H31N5. The van der Waals surface area contributed by atoms with Crippen LogP contribution in [-0.2, 0) is 19.9 Å². The third-order valence-corrected chi connectivity index (χ3v) is 5.48. The van der Waals surface area contributed by atoms with Crippen molar-refractivity contribution in [2.45, 2.75) is 33.1 Å². The lowest BCUT2D eigenvalue weighted by Crippen LogP contribution is -2.41. The van der Waals surface area contributed by atoms with E-state index in [4.69, 9.17) is 0 Å². The normalized spacial score (nSPS) is 17.8. The number of rotatable bonds is 5. The molecule has 0 aliphatic carbocycles. The molecule has 0 saturated carbocycles. The van der Waals surface area contributed by atoms with E-state index in [1.807, 2.05) is 18.8 Å². The number of nitrogens with zero attached hydrogens (tertiary/aromatic N) is 4. The Kier molecular flexibility index (Phi) is 5.96. The van der Waals surface area contributed by atoms with Crippen molar-refractivity contribution >= 4 is 5.96 Å². The lowest BCUT2D eigenvalue weighted by Gasteiger charge is -2.22. The molecule has 1 unspecified atom stereocenters. The van der Waals surface area contributed by atoms with Gasteiger partial charge in [0.15, 0.2) is 5.96 Å². The molecule has 140 valence electrons. The van der Waals surface area contributed by atoms with Crippen molar-refractivity contribution in [3.05, 3.63) is 52.8 Å². The van der Waals surface area contributed by atoms with Crippen molar-refractivity contribution in [1.29, 1.82) is 0 Å². The maximum Gasteiger partial charge on any atom is 0.193 e. The number of aliphatic imine (C=N–C) groups is 1. The van der Waals surface area contributed by atoms with Crippen LogP contribution in [0.5, 0.6) is 0 Å². The van der Waals surface area contributed by atoms with E-state index in [0.717, 1.165) is 44.1 Å². The van der Waals surface area contributed by atoms with Gasteiger partial charge in [0, 0.05) is 39.4 Å². The van der Waals surface area contributed by atoms with Crippen LogP contribution in [0.25, 0.3) is 0 Å². The molecular weight excluding hydrogens is 322 g/mol. The molecule has 3 rings (SSSR count). The summed E-state index contributed by atoms with van der Waals surface area (Å²) < 4.78 is 1.97. The highest BCUT2D eigenvalue weighted by Crippen LogP contribution is 2.21. The molecule has 2 aromatic rings. The molecule has 1 N–H and O–H groups in total. The molecule has 5 nitrogen and oxygen atoms in total. The number of hydrogen-bond donors (Lipinski definition) is 1. The summed E-state index contributed by atoms with van der Waals surface area (Å²) in [6.45, 7) is 7.28. The van der Waals surface area contributed by atoms with Gasteiger partial charge in [-0.1, -0.05) is 30.3 Å². The highest BCUT2D eigenvalue weighted by molar-refractivity contribution is 5.80. The van der Waals surface area contributed by atoms with Gasteiger partial charge < -0.3 is 10.2 Å². The van der Waals surface area contributed by atoms with Gasteiger partial charge >= 0.3 is 0 Å². The van der Waals surface area contributed by atoms with Crippen LogP contribution in [0.2, 0.25) is 0 Å². The lowest BCUT2D eigenvalue weighted by atomic mass is 9.99. The fraction of sp³-hybridized carbons (Fsp3) is 0.524. The average Bonchev–Trinajstić information content (AvgIpc) is 3.19. The number of benzene rings is 1. The van der Waals surface area contributed by atoms with Crippen molar-refractivity contribution in [3.63, 3.8) is 0 Å². The van der Waals surface area contributed by atoms with E-state index in [1.54, 1.807) is 0 Å². The highest BCUT2D eigenvalue weighted by atomic mass is 15.3. The van der Waals surface area contributed by atoms with Crippen molar-refractivity contribution in [1.82, 2.24) is 20.0 Å². The molecule has 0 radical (unpaired) electrons. The maximum atomic E-state index is 4.50. The molecule has 1 aliphatic heterocycles. The van der Waals surface area contributed by atoms with Gasteiger partial charge in [0.05, 0.1) is 5.69 Å². The molecule has 2 heterocycles. The Morgan fingerprint density at radius 1 is 1.27 bits per heavy atom. The predicted octanol–water partition coefficient (Wildman–Crippen LogP) is 2.72. The average molecular weight is 354 g/mol. The number of aryl methyl sites for hydroxylation is 2. The summed E-state index contributed by atoms with van der Waals surface area (Å²) in [4.78, 5) is 6.90. The topological polar surface area (TPSA) is 45.5 Å². The van der Waals surface area contributed by atoms with Crippen LogP contribution in [0, 0.1) is 19.8 Å². The largest absolute Gasteiger partial charge is 0.356 e. The van der Waals surface area contributed by atoms with Crippen LogP contribution in [0.15, 0.2) is 35.3 Å². The molecule has 1 aromatic carbocycles. The van der Waals surface area contributed by atoms with E-state index in [9.17, 15) is 0 Å². The quantitative estimate of drug-likeness (QED) is 0.664. The third-order valence-electron chi connectivity index (χ3n) is 5.48. The molecule has 5 heteroatoms. The molecule has 1 saturated heterocycles. The first-order valence-corrected chi connectivity index (χ1v) is 9.57. The Labute approximate surface area is 157 Å². The van der Waals surface area contributed by atoms with Crippen molar-refractivity contribution in [2.75, 3.05) is 26.7 Å². The standard InChI is InChI=1S/C21H31N5/c1-16-20(17(2)25(4)24-16)10-12-23-21(22-3)26-13-11-19(15-26)14-18-8-6-5-7-9-18/h5-9,19H,10-15H2,1-4H3,(H,22,23). The zero-order valence-corrected chi connectivity index (χ0v) is 16.5. The molecule has 0 bridgehead atoms. The van der Waals surface area contributed by atoms with Gasteiger partial charge in [0.1, 0.15) is 0 Å². The number of aromatic nitrogens is 2. The van der Waals surface area contributed by atoms with Gasteiger partial charge in [-0.15, -0.1) is 0 Å². The summed E-state index contributed by atoms with van der Waals surface area (Å²) in [7, 11) is 3.89. The summed E-state index contributed by atoms with van der Waals surface area (Å²) in [5, 5.41) is 8.05. The molecule has 1 fully saturated rings. The first-order valence-electron chi connectivity index (χ1n) is 9.57. The maximum absolute atomic E-state index is 4.50. The van der Waals surface area contributed by atoms with Crippen molar-refractivity contribution in [2.24, 2.45) is 18.0 Å². The SMILES string of the molecule is CN=C(NCCc1c(C)nn(C)c1C)N1CCC(Cc2ccccc2)C1. The predicted molar refractivity (Wildman–Crippen MR) is 108 cm³/mol. The van der Waals surface area contributed by atoms with Crippen LogP contribution in [-0.4, -0.2) is 47.3 Å². The second kappa shape index (κ2) is 8.39. The van der Waals surface area contributed by atoms with Gasteiger partial charge in [0.25, 0.3) is 0 Å². The molecule has 0 amide bonds. The Morgan fingerprint density at radius 3 is 2.69 bits per heavy atom. The van der Waals surface area contributed by atoms with Gasteiger partial charge in [-0.3, -0.25) is 9.67 Å². The molecule has 1 aromatic heterocycles. The zero-order valence-electron chi connectivity index (χ0n) is 16.5. The lowest BCUT2D eigenvalue weighted by molar-refractivity contribution is 0.460. The zero-order chi connectivity index (χ0) is 18.5. The summed E-state index contributed by atoms with van der Waals surface area (Å²) in [6, 6.07) is 10.8. The minimum atomic E-state index is 0.707. The fourth-order valence-corrected chi connectivity index (χ4v) is 3.95. The minimum absolute atomic E-state index is 0.707. The van der Waals surface area contributed by atoms with Gasteiger partial charge in [0.2, 0.25) is 0 Å². The highest BCUT2D eigenvalue weighted by Gasteiger charge is 2.24. The van der Waals surface area contributed by atoms with Gasteiger partial charge in [-0.05, 0) is 50.2 Å². The number of likely N-dealkylation sites (tertiary alicyclic amines) is 1. The van der Waals surface area contributed by atoms with E-state index in [2.05, 4.69) is 64.5 Å². The van der Waals surface area contributed by atoms with Crippen molar-refractivity contribution in [3.8, 4) is 0 Å². The van der Waals surface area contributed by atoms with E-state index >= 15 is 0 Å².